The van der Waals surface area contributed by atoms with Crippen LogP contribution >= 0.6 is 43.5 Å². The number of halogens is 3. The number of carbonyl (C=O) groups is 1. The van der Waals surface area contributed by atoms with Crippen molar-refractivity contribution in [2.24, 2.45) is 0 Å². The number of benzene rings is 2. The van der Waals surface area contributed by atoms with E-state index >= 15 is 0 Å². The molecule has 20 heavy (non-hydrogen) atoms. The fourth-order valence-corrected chi connectivity index (χ4v) is 2.36. The lowest BCUT2D eigenvalue weighted by molar-refractivity contribution is -0.111. The second-order valence-corrected chi connectivity index (χ2v) is 6.15. The van der Waals surface area contributed by atoms with Gasteiger partial charge >= 0.3 is 0 Å². The molecule has 102 valence electrons. The van der Waals surface area contributed by atoms with Crippen LogP contribution < -0.4 is 5.32 Å². The first-order chi connectivity index (χ1) is 9.54. The molecule has 0 atom stereocenters. The first-order valence-corrected chi connectivity index (χ1v) is 7.71. The van der Waals surface area contributed by atoms with Crippen molar-refractivity contribution in [3.63, 3.8) is 0 Å². The normalized spacial score (nSPS) is 10.8. The Morgan fingerprint density at radius 2 is 1.90 bits per heavy atom. The lowest BCUT2D eigenvalue weighted by Gasteiger charge is -2.04. The number of anilines is 1. The van der Waals surface area contributed by atoms with E-state index in [2.05, 4.69) is 37.2 Å². The van der Waals surface area contributed by atoms with Crippen molar-refractivity contribution in [3.8, 4) is 0 Å². The van der Waals surface area contributed by atoms with Crippen LogP contribution in [0.25, 0.3) is 6.08 Å². The number of rotatable bonds is 3. The molecular weight excluding hydrogens is 405 g/mol. The molecule has 1 N–H and O–H groups in total. The molecule has 2 rings (SSSR count). The van der Waals surface area contributed by atoms with Crippen LogP contribution in [0.5, 0.6) is 0 Å². The van der Waals surface area contributed by atoms with Crippen LogP contribution in [0.4, 0.5) is 5.69 Å². The van der Waals surface area contributed by atoms with Crippen molar-refractivity contribution in [2.45, 2.75) is 0 Å². The average molecular weight is 416 g/mol. The summed E-state index contributed by atoms with van der Waals surface area (Å²) in [7, 11) is 0. The molecule has 0 radical (unpaired) electrons. The highest BCUT2D eigenvalue weighted by molar-refractivity contribution is 9.13. The van der Waals surface area contributed by atoms with Gasteiger partial charge in [-0.2, -0.15) is 0 Å². The highest BCUT2D eigenvalue weighted by Gasteiger charge is 2.01. The molecule has 1 amide bonds. The van der Waals surface area contributed by atoms with Gasteiger partial charge in [-0.15, -0.1) is 0 Å². The maximum Gasteiger partial charge on any atom is 0.248 e. The Bertz CT molecular complexity index is 671. The Labute approximate surface area is 139 Å². The summed E-state index contributed by atoms with van der Waals surface area (Å²) in [5.41, 5.74) is 1.60. The fraction of sp³-hybridized carbons (Fsp3) is 0. The maximum atomic E-state index is 11.8. The molecule has 0 aliphatic carbocycles. The minimum Gasteiger partial charge on any atom is -0.322 e. The summed E-state index contributed by atoms with van der Waals surface area (Å²) in [4.78, 5) is 11.8. The van der Waals surface area contributed by atoms with E-state index in [9.17, 15) is 4.79 Å². The van der Waals surface area contributed by atoms with Gasteiger partial charge in [-0.3, -0.25) is 4.79 Å². The third kappa shape index (κ3) is 4.47. The van der Waals surface area contributed by atoms with E-state index in [-0.39, 0.29) is 5.91 Å². The molecule has 2 nitrogen and oxygen atoms in total. The zero-order valence-corrected chi connectivity index (χ0v) is 14.2. The van der Waals surface area contributed by atoms with E-state index in [1.54, 1.807) is 18.2 Å². The molecule has 0 aliphatic rings. The molecule has 2 aromatic carbocycles. The third-order valence-corrected chi connectivity index (χ3v) is 4.58. The van der Waals surface area contributed by atoms with E-state index in [0.717, 1.165) is 20.2 Å². The zero-order valence-electron chi connectivity index (χ0n) is 10.2. The van der Waals surface area contributed by atoms with Gasteiger partial charge in [0.25, 0.3) is 0 Å². The van der Waals surface area contributed by atoms with Crippen molar-refractivity contribution < 1.29 is 4.79 Å². The van der Waals surface area contributed by atoms with Crippen molar-refractivity contribution in [3.05, 3.63) is 68.1 Å². The van der Waals surface area contributed by atoms with Gasteiger partial charge < -0.3 is 5.32 Å². The molecular formula is C15H10Br2ClNO. The molecule has 0 spiro atoms. The van der Waals surface area contributed by atoms with Crippen molar-refractivity contribution in [1.29, 1.82) is 0 Å². The lowest BCUT2D eigenvalue weighted by Crippen LogP contribution is -2.07. The Morgan fingerprint density at radius 1 is 1.10 bits per heavy atom. The highest BCUT2D eigenvalue weighted by atomic mass is 79.9. The Balaban J connectivity index is 2.03. The van der Waals surface area contributed by atoms with Gasteiger partial charge in [0.2, 0.25) is 5.91 Å². The Kier molecular flexibility index (Phi) is 5.40. The summed E-state index contributed by atoms with van der Waals surface area (Å²) >= 11 is 12.6. The Hall–Kier alpha value is -1.10. The topological polar surface area (TPSA) is 29.1 Å². The molecule has 0 saturated heterocycles. The van der Waals surface area contributed by atoms with Gasteiger partial charge in [0.15, 0.2) is 0 Å². The molecule has 0 saturated carbocycles. The molecule has 0 fully saturated rings. The second-order valence-electron chi connectivity index (χ2n) is 4.01. The van der Waals surface area contributed by atoms with Gasteiger partial charge in [0.1, 0.15) is 0 Å². The number of hydrogen-bond acceptors (Lipinski definition) is 1. The summed E-state index contributed by atoms with van der Waals surface area (Å²) < 4.78 is 1.82. The van der Waals surface area contributed by atoms with Crippen molar-refractivity contribution >= 4 is 61.1 Å². The molecule has 2 aromatic rings. The SMILES string of the molecule is O=C(C=Cc1cccc(Cl)c1)Nc1ccc(Br)c(Br)c1. The van der Waals surface area contributed by atoms with Gasteiger partial charge in [0.05, 0.1) is 0 Å². The van der Waals surface area contributed by atoms with Gasteiger partial charge in [-0.05, 0) is 73.8 Å². The smallest absolute Gasteiger partial charge is 0.248 e. The van der Waals surface area contributed by atoms with E-state index in [0.29, 0.717) is 5.02 Å². The van der Waals surface area contributed by atoms with Crippen LogP contribution in [-0.2, 0) is 4.79 Å². The monoisotopic (exact) mass is 413 g/mol. The summed E-state index contributed by atoms with van der Waals surface area (Å²) in [5.74, 6) is -0.195. The lowest BCUT2D eigenvalue weighted by atomic mass is 10.2. The number of carbonyl (C=O) groups excluding carboxylic acids is 1. The van der Waals surface area contributed by atoms with Crippen LogP contribution in [-0.4, -0.2) is 5.91 Å². The van der Waals surface area contributed by atoms with Crippen molar-refractivity contribution in [2.75, 3.05) is 5.32 Å². The molecule has 0 aliphatic heterocycles. The summed E-state index contributed by atoms with van der Waals surface area (Å²) in [6, 6.07) is 12.8. The van der Waals surface area contributed by atoms with Crippen LogP contribution in [0.3, 0.4) is 0 Å². The van der Waals surface area contributed by atoms with E-state index < -0.39 is 0 Å². The predicted octanol–water partition coefficient (Wildman–Crippen LogP) is 5.52. The number of nitrogens with one attached hydrogen (secondary N) is 1. The van der Waals surface area contributed by atoms with Gasteiger partial charge in [-0.25, -0.2) is 0 Å². The molecule has 5 heteroatoms. The number of amides is 1. The van der Waals surface area contributed by atoms with Crippen LogP contribution in [0.15, 0.2) is 57.5 Å². The Morgan fingerprint density at radius 3 is 2.60 bits per heavy atom. The van der Waals surface area contributed by atoms with Crippen LogP contribution in [0.2, 0.25) is 5.02 Å². The zero-order chi connectivity index (χ0) is 14.5. The summed E-state index contributed by atoms with van der Waals surface area (Å²) in [6.07, 6.45) is 3.19. The summed E-state index contributed by atoms with van der Waals surface area (Å²) in [5, 5.41) is 3.43. The highest BCUT2D eigenvalue weighted by Crippen LogP contribution is 2.26. The predicted molar refractivity (Wildman–Crippen MR) is 91.0 cm³/mol. The first-order valence-electron chi connectivity index (χ1n) is 5.74. The van der Waals surface area contributed by atoms with Gasteiger partial charge in [-0.1, -0.05) is 23.7 Å². The standard InChI is InChI=1S/C15H10Br2ClNO/c16-13-6-5-12(9-14(13)17)19-15(20)7-4-10-2-1-3-11(18)8-10/h1-9H,(H,19,20). The molecule has 0 aromatic heterocycles. The molecule has 0 unspecified atom stereocenters. The minimum atomic E-state index is -0.195. The number of hydrogen-bond donors (Lipinski definition) is 1. The largest absolute Gasteiger partial charge is 0.322 e. The molecule has 0 bridgehead atoms. The van der Waals surface area contributed by atoms with Gasteiger partial charge in [0, 0.05) is 25.7 Å². The molecule has 0 heterocycles. The van der Waals surface area contributed by atoms with E-state index in [1.165, 1.54) is 6.08 Å². The summed E-state index contributed by atoms with van der Waals surface area (Å²) in [6.45, 7) is 0. The van der Waals surface area contributed by atoms with E-state index in [1.807, 2.05) is 30.3 Å². The van der Waals surface area contributed by atoms with Crippen LogP contribution in [0, 0.1) is 0 Å². The van der Waals surface area contributed by atoms with Crippen LogP contribution in [0.1, 0.15) is 5.56 Å². The second kappa shape index (κ2) is 7.07. The quantitative estimate of drug-likeness (QED) is 0.658. The van der Waals surface area contributed by atoms with Crippen molar-refractivity contribution in [1.82, 2.24) is 0 Å². The fourth-order valence-electron chi connectivity index (χ4n) is 1.54. The average Bonchev–Trinajstić information content (AvgIpc) is 2.41. The minimum absolute atomic E-state index is 0.195. The first kappa shape index (κ1) is 15.3. The van der Waals surface area contributed by atoms with E-state index in [4.69, 9.17) is 11.6 Å². The third-order valence-electron chi connectivity index (χ3n) is 2.46. The maximum absolute atomic E-state index is 11.8.